The first-order valence-corrected chi connectivity index (χ1v) is 10.6. The molecule has 0 saturated carbocycles. The Labute approximate surface area is 201 Å². The molecule has 0 bridgehead atoms. The summed E-state index contributed by atoms with van der Waals surface area (Å²) in [6.07, 6.45) is 2.20. The average Bonchev–Trinajstić information content (AvgIpc) is 3.31. The number of nitrogens with zero attached hydrogens (tertiary/aromatic N) is 3. The topological polar surface area (TPSA) is 62.9 Å². The third-order valence-corrected chi connectivity index (χ3v) is 5.72. The number of hydrogen-bond donors (Lipinski definition) is 0. The van der Waals surface area contributed by atoms with Crippen LogP contribution in [-0.2, 0) is 6.42 Å². The second kappa shape index (κ2) is 9.79. The first kappa shape index (κ1) is 22.6. The van der Waals surface area contributed by atoms with Crippen LogP contribution in [0, 0.1) is 6.92 Å². The smallest absolute Gasteiger partial charge is 0.858 e. The summed E-state index contributed by atoms with van der Waals surface area (Å²) in [6.45, 7) is 4.09. The van der Waals surface area contributed by atoms with Gasteiger partial charge in [0.2, 0.25) is 5.13 Å². The van der Waals surface area contributed by atoms with Crippen molar-refractivity contribution < 1.29 is 34.7 Å². The number of para-hydroxylation sites is 1. The third kappa shape index (κ3) is 4.32. The molecule has 148 valence electrons. The van der Waals surface area contributed by atoms with E-state index in [-0.39, 0.29) is 41.0 Å². The number of benzene rings is 2. The number of aryl methyl sites for hydroxylation is 1. The van der Waals surface area contributed by atoms with Crippen molar-refractivity contribution in [1.29, 1.82) is 0 Å². The van der Waals surface area contributed by atoms with Gasteiger partial charge in [0.15, 0.2) is 0 Å². The van der Waals surface area contributed by atoms with Crippen molar-refractivity contribution in [3.63, 3.8) is 0 Å². The third-order valence-electron chi connectivity index (χ3n) is 4.90. The Morgan fingerprint density at radius 2 is 1.73 bits per heavy atom. The minimum Gasteiger partial charge on any atom is -0.858 e. The van der Waals surface area contributed by atoms with Gasteiger partial charge < -0.3 is 5.11 Å². The van der Waals surface area contributed by atoms with Gasteiger partial charge in [0, 0.05) is 16.5 Å². The molecule has 0 N–H and O–H groups in total. The SMILES string of the molecule is CCCCc1c([O-])n(-c2nc(-c3ccc(C)cc3)cs2)n(-c2ccccc2)c1=O.[Na+]. The van der Waals surface area contributed by atoms with Crippen LogP contribution in [0.2, 0.25) is 0 Å². The van der Waals surface area contributed by atoms with E-state index < -0.39 is 0 Å². The molecule has 0 radical (unpaired) electrons. The summed E-state index contributed by atoms with van der Waals surface area (Å²) in [5, 5.41) is 15.6. The van der Waals surface area contributed by atoms with Crippen molar-refractivity contribution in [1.82, 2.24) is 14.3 Å². The molecule has 0 saturated heterocycles. The van der Waals surface area contributed by atoms with Gasteiger partial charge in [0.25, 0.3) is 5.56 Å². The summed E-state index contributed by atoms with van der Waals surface area (Å²) in [5.74, 6) is -0.280. The summed E-state index contributed by atoms with van der Waals surface area (Å²) in [4.78, 5) is 17.8. The average molecular weight is 428 g/mol. The molecule has 0 atom stereocenters. The Bertz CT molecular complexity index is 1180. The number of aromatic nitrogens is 3. The second-order valence-corrected chi connectivity index (χ2v) is 7.87. The van der Waals surface area contributed by atoms with Crippen LogP contribution in [0.1, 0.15) is 30.9 Å². The van der Waals surface area contributed by atoms with Crippen LogP contribution in [0.25, 0.3) is 22.1 Å². The Morgan fingerprint density at radius 1 is 1.03 bits per heavy atom. The number of rotatable bonds is 6. The molecule has 2 aromatic heterocycles. The van der Waals surface area contributed by atoms with Crippen molar-refractivity contribution in [2.75, 3.05) is 0 Å². The summed E-state index contributed by atoms with van der Waals surface area (Å²) < 4.78 is 2.87. The van der Waals surface area contributed by atoms with Gasteiger partial charge in [-0.15, -0.1) is 11.3 Å². The van der Waals surface area contributed by atoms with Crippen molar-refractivity contribution in [2.45, 2.75) is 33.1 Å². The molecule has 5 nitrogen and oxygen atoms in total. The first-order valence-electron chi connectivity index (χ1n) is 9.72. The molecular formula is C23H22N3NaO2S. The van der Waals surface area contributed by atoms with Gasteiger partial charge in [-0.2, -0.15) is 0 Å². The molecule has 0 amide bonds. The molecule has 0 aliphatic carbocycles. The Morgan fingerprint density at radius 3 is 2.40 bits per heavy atom. The molecular weight excluding hydrogens is 405 g/mol. The van der Waals surface area contributed by atoms with E-state index in [0.29, 0.717) is 22.8 Å². The molecule has 2 heterocycles. The van der Waals surface area contributed by atoms with Crippen LogP contribution in [0.3, 0.4) is 0 Å². The molecule has 0 aliphatic heterocycles. The normalized spacial score (nSPS) is 10.7. The Balaban J connectivity index is 0.00000256. The van der Waals surface area contributed by atoms with Crippen LogP contribution < -0.4 is 40.2 Å². The maximum atomic E-state index is 13.2. The van der Waals surface area contributed by atoms with Gasteiger partial charge in [-0.3, -0.25) is 4.79 Å². The molecule has 4 rings (SSSR count). The number of unbranched alkanes of at least 4 members (excludes halogenated alkanes) is 1. The van der Waals surface area contributed by atoms with Gasteiger partial charge in [-0.25, -0.2) is 14.3 Å². The van der Waals surface area contributed by atoms with E-state index in [1.54, 1.807) is 0 Å². The van der Waals surface area contributed by atoms with Crippen molar-refractivity contribution >= 4 is 11.3 Å². The Kier molecular flexibility index (Phi) is 7.36. The van der Waals surface area contributed by atoms with E-state index in [1.807, 2.05) is 73.8 Å². The molecule has 4 aromatic rings. The molecule has 30 heavy (non-hydrogen) atoms. The summed E-state index contributed by atoms with van der Waals surface area (Å²) in [5.41, 5.74) is 3.67. The molecule has 0 spiro atoms. The molecule has 0 fully saturated rings. The van der Waals surface area contributed by atoms with Crippen LogP contribution in [-0.4, -0.2) is 14.3 Å². The van der Waals surface area contributed by atoms with Crippen molar-refractivity contribution in [2.24, 2.45) is 0 Å². The molecule has 2 aromatic carbocycles. The van der Waals surface area contributed by atoms with Gasteiger partial charge >= 0.3 is 29.6 Å². The zero-order chi connectivity index (χ0) is 20.4. The van der Waals surface area contributed by atoms with E-state index in [4.69, 9.17) is 0 Å². The largest absolute Gasteiger partial charge is 1.00 e. The van der Waals surface area contributed by atoms with Crippen LogP contribution >= 0.6 is 11.3 Å². The molecule has 0 aliphatic rings. The summed E-state index contributed by atoms with van der Waals surface area (Å²) >= 11 is 1.36. The van der Waals surface area contributed by atoms with Gasteiger partial charge in [0.05, 0.1) is 11.4 Å². The van der Waals surface area contributed by atoms with Crippen LogP contribution in [0.4, 0.5) is 0 Å². The first-order chi connectivity index (χ1) is 14.1. The number of thiazole rings is 1. The minimum atomic E-state index is -0.280. The van der Waals surface area contributed by atoms with Gasteiger partial charge in [-0.1, -0.05) is 61.4 Å². The predicted molar refractivity (Wildman–Crippen MR) is 115 cm³/mol. The van der Waals surface area contributed by atoms with Gasteiger partial charge in [0.1, 0.15) is 0 Å². The minimum absolute atomic E-state index is 0. The standard InChI is InChI=1S/C23H23N3O2S.Na/c1-3-4-10-19-21(27)25(18-8-6-5-7-9-18)26(22(19)28)23-24-20(15-29-23)17-13-11-16(2)12-14-17;/h5-9,11-15,28H,3-4,10H2,1-2H3;/q;+1/p-1. The number of hydrogen-bond acceptors (Lipinski definition) is 4. The molecule has 7 heteroatoms. The van der Waals surface area contributed by atoms with E-state index in [0.717, 1.165) is 24.1 Å². The molecule has 0 unspecified atom stereocenters. The van der Waals surface area contributed by atoms with Crippen molar-refractivity contribution in [3.8, 4) is 28.0 Å². The van der Waals surface area contributed by atoms with Crippen molar-refractivity contribution in [3.05, 3.63) is 81.5 Å². The zero-order valence-corrected chi connectivity index (χ0v) is 20.3. The quantitative estimate of drug-likeness (QED) is 0.438. The van der Waals surface area contributed by atoms with Gasteiger partial charge in [-0.05, 0) is 37.8 Å². The van der Waals surface area contributed by atoms with Crippen LogP contribution in [0.15, 0.2) is 64.8 Å². The second-order valence-electron chi connectivity index (χ2n) is 7.03. The van der Waals surface area contributed by atoms with Crippen LogP contribution in [0.5, 0.6) is 5.88 Å². The summed E-state index contributed by atoms with van der Waals surface area (Å²) in [6, 6.07) is 17.3. The predicted octanol–water partition coefficient (Wildman–Crippen LogP) is 1.48. The van der Waals surface area contributed by atoms with E-state index >= 15 is 0 Å². The summed E-state index contributed by atoms with van der Waals surface area (Å²) in [7, 11) is 0. The monoisotopic (exact) mass is 427 g/mol. The fourth-order valence-electron chi connectivity index (χ4n) is 3.29. The fourth-order valence-corrected chi connectivity index (χ4v) is 4.11. The van der Waals surface area contributed by atoms with E-state index in [2.05, 4.69) is 4.98 Å². The fraction of sp³-hybridized carbons (Fsp3) is 0.217. The maximum absolute atomic E-state index is 13.2. The van der Waals surface area contributed by atoms with E-state index in [9.17, 15) is 9.90 Å². The van der Waals surface area contributed by atoms with E-state index in [1.165, 1.54) is 26.3 Å². The zero-order valence-electron chi connectivity index (χ0n) is 17.5. The maximum Gasteiger partial charge on any atom is 1.00 e. The Hall–Kier alpha value is -2.12.